The van der Waals surface area contributed by atoms with Crippen molar-refractivity contribution in [3.8, 4) is 0 Å². The number of rotatable bonds is 4. The van der Waals surface area contributed by atoms with Crippen molar-refractivity contribution in [1.82, 2.24) is 0 Å². The molecule has 76 valence electrons. The van der Waals surface area contributed by atoms with Crippen LogP contribution in [0, 0.1) is 0 Å². The van der Waals surface area contributed by atoms with E-state index in [4.69, 9.17) is 21.2 Å². The highest BCUT2D eigenvalue weighted by Gasteiger charge is 2.24. The summed E-state index contributed by atoms with van der Waals surface area (Å²) in [5, 5.41) is 9.56. The molecule has 0 heterocycles. The van der Waals surface area contributed by atoms with Crippen LogP contribution < -0.4 is 0 Å². The largest absolute Gasteiger partial charge is 0.540 e. The minimum atomic E-state index is -2.00. The van der Waals surface area contributed by atoms with Crippen LogP contribution in [0.15, 0.2) is 24.3 Å². The van der Waals surface area contributed by atoms with Gasteiger partial charge < -0.3 is 5.11 Å². The smallest absolute Gasteiger partial charge is 0.349 e. The zero-order chi connectivity index (χ0) is 10.6. The molecule has 14 heavy (non-hydrogen) atoms. The molecule has 0 aliphatic heterocycles. The van der Waals surface area contributed by atoms with E-state index in [1.54, 1.807) is 24.3 Å². The third kappa shape index (κ3) is 3.72. The lowest BCUT2D eigenvalue weighted by molar-refractivity contribution is 0.228. The van der Waals surface area contributed by atoms with Crippen molar-refractivity contribution >= 4 is 19.6 Å². The van der Waals surface area contributed by atoms with Crippen molar-refractivity contribution in [3.05, 3.63) is 34.9 Å². The number of aliphatic hydroxyl groups excluding tert-OH is 1. The topological polar surface area (TPSA) is 46.5 Å². The average Bonchev–Trinajstić information content (AvgIpc) is 2.16. The van der Waals surface area contributed by atoms with Crippen LogP contribution in [0.3, 0.4) is 0 Å². The molecule has 0 spiro atoms. The van der Waals surface area contributed by atoms with E-state index in [9.17, 15) is 4.57 Å². The van der Waals surface area contributed by atoms with Gasteiger partial charge in [-0.25, -0.2) is 0 Å². The quantitative estimate of drug-likeness (QED) is 0.814. The number of halogens is 1. The molecule has 5 heteroatoms. The molecule has 2 unspecified atom stereocenters. The Hall–Kier alpha value is -0.470. The van der Waals surface area contributed by atoms with E-state index in [1.165, 1.54) is 6.92 Å². The Bertz CT molecular complexity index is 310. The Morgan fingerprint density at radius 3 is 2.57 bits per heavy atom. The molecule has 0 saturated heterocycles. The summed E-state index contributed by atoms with van der Waals surface area (Å²) in [5.41, 5.74) is 0.874. The summed E-state index contributed by atoms with van der Waals surface area (Å²) in [6.45, 7) is 1.65. The summed E-state index contributed by atoms with van der Waals surface area (Å²) in [6.07, 6.45) is 0. The number of benzene rings is 1. The predicted octanol–water partition coefficient (Wildman–Crippen LogP) is 2.94. The van der Waals surface area contributed by atoms with Crippen LogP contribution in [-0.4, -0.2) is 11.0 Å². The first-order chi connectivity index (χ1) is 6.59. The maximum Gasteiger partial charge on any atom is 0.540 e. The first kappa shape index (κ1) is 11.6. The number of hydrogen-bond donors (Lipinski definition) is 1. The highest BCUT2D eigenvalue weighted by molar-refractivity contribution is 7.39. The lowest BCUT2D eigenvalue weighted by Gasteiger charge is -1.96. The monoisotopic (exact) mass is 233 g/mol. The Labute approximate surface area is 88.5 Å². The normalized spacial score (nSPS) is 13.8. The molecule has 0 amide bonds. The first-order valence-corrected chi connectivity index (χ1v) is 5.74. The van der Waals surface area contributed by atoms with Crippen LogP contribution in [0.1, 0.15) is 12.5 Å². The fourth-order valence-electron chi connectivity index (χ4n) is 0.827. The van der Waals surface area contributed by atoms with Gasteiger partial charge in [0, 0.05) is 11.9 Å². The van der Waals surface area contributed by atoms with E-state index in [2.05, 4.69) is 0 Å². The van der Waals surface area contributed by atoms with Gasteiger partial charge in [0.25, 0.3) is 5.85 Å². The van der Waals surface area contributed by atoms with Gasteiger partial charge in [-0.2, -0.15) is 0 Å². The molecule has 0 bridgehead atoms. The summed E-state index contributed by atoms with van der Waals surface area (Å²) in [7, 11) is -2.00. The highest BCUT2D eigenvalue weighted by atomic mass is 35.5. The van der Waals surface area contributed by atoms with E-state index in [0.29, 0.717) is 5.02 Å². The van der Waals surface area contributed by atoms with Crippen LogP contribution in [0.4, 0.5) is 0 Å². The molecular formula is C9H11ClO3P+. The molecule has 1 N–H and O–H groups in total. The maximum absolute atomic E-state index is 11.0. The average molecular weight is 234 g/mol. The summed E-state index contributed by atoms with van der Waals surface area (Å²) in [4.78, 5) is 0. The standard InChI is InChI=1S/C9H11ClO3P/c1-7(11)14(12)13-6-8-2-4-9(10)5-3-8/h2-5,7,11H,6H2,1H3/q+1. The van der Waals surface area contributed by atoms with Crippen LogP contribution in [0.5, 0.6) is 0 Å². The molecule has 0 saturated carbocycles. The minimum absolute atomic E-state index is 0.220. The molecule has 0 aliphatic rings. The van der Waals surface area contributed by atoms with Crippen LogP contribution in [0.2, 0.25) is 5.02 Å². The lowest BCUT2D eigenvalue weighted by Crippen LogP contribution is -1.95. The Kier molecular flexibility index (Phi) is 4.49. The molecule has 0 radical (unpaired) electrons. The zero-order valence-electron chi connectivity index (χ0n) is 7.68. The summed E-state index contributed by atoms with van der Waals surface area (Å²) >= 11 is 5.69. The Morgan fingerprint density at radius 2 is 2.07 bits per heavy atom. The second kappa shape index (κ2) is 5.42. The second-order valence-corrected chi connectivity index (χ2v) is 4.83. The third-order valence-electron chi connectivity index (χ3n) is 1.58. The minimum Gasteiger partial charge on any atom is -0.349 e. The molecule has 0 aliphatic carbocycles. The number of aliphatic hydroxyl groups is 1. The van der Waals surface area contributed by atoms with E-state index < -0.39 is 13.9 Å². The van der Waals surface area contributed by atoms with Crippen molar-refractivity contribution in [3.63, 3.8) is 0 Å². The van der Waals surface area contributed by atoms with Gasteiger partial charge in [0.1, 0.15) is 6.61 Å². The van der Waals surface area contributed by atoms with Crippen molar-refractivity contribution < 1.29 is 14.2 Å². The molecule has 1 aromatic carbocycles. The molecule has 0 fully saturated rings. The van der Waals surface area contributed by atoms with Gasteiger partial charge in [-0.1, -0.05) is 23.7 Å². The van der Waals surface area contributed by atoms with Crippen molar-refractivity contribution in [2.24, 2.45) is 0 Å². The molecule has 3 nitrogen and oxygen atoms in total. The van der Waals surface area contributed by atoms with Crippen molar-refractivity contribution in [2.45, 2.75) is 19.4 Å². The predicted molar refractivity (Wildman–Crippen MR) is 55.5 cm³/mol. The summed E-state index contributed by atoms with van der Waals surface area (Å²) < 4.78 is 16.0. The van der Waals surface area contributed by atoms with Crippen LogP contribution in [-0.2, 0) is 15.7 Å². The van der Waals surface area contributed by atoms with Gasteiger partial charge in [-0.3, -0.25) is 0 Å². The van der Waals surface area contributed by atoms with Gasteiger partial charge >= 0.3 is 8.03 Å². The molecule has 1 rings (SSSR count). The second-order valence-electron chi connectivity index (χ2n) is 2.82. The zero-order valence-corrected chi connectivity index (χ0v) is 9.33. The van der Waals surface area contributed by atoms with E-state index in [1.807, 2.05) is 0 Å². The summed E-state index contributed by atoms with van der Waals surface area (Å²) in [5.74, 6) is -0.933. The molecule has 2 atom stereocenters. The SMILES string of the molecule is CC(O)[P+](=O)OCc1ccc(Cl)cc1. The fraction of sp³-hybridized carbons (Fsp3) is 0.333. The van der Waals surface area contributed by atoms with Crippen molar-refractivity contribution in [1.29, 1.82) is 0 Å². The van der Waals surface area contributed by atoms with Crippen LogP contribution in [0.25, 0.3) is 0 Å². The fourth-order valence-corrected chi connectivity index (χ4v) is 1.44. The van der Waals surface area contributed by atoms with Crippen LogP contribution >= 0.6 is 19.6 Å². The molecule has 1 aromatic rings. The van der Waals surface area contributed by atoms with E-state index in [0.717, 1.165) is 5.56 Å². The van der Waals surface area contributed by atoms with Gasteiger partial charge in [0.2, 0.25) is 0 Å². The van der Waals surface area contributed by atoms with Gasteiger partial charge in [0.15, 0.2) is 0 Å². The van der Waals surface area contributed by atoms with E-state index >= 15 is 0 Å². The molecular weight excluding hydrogens is 223 g/mol. The van der Waals surface area contributed by atoms with Gasteiger partial charge in [-0.15, -0.1) is 4.52 Å². The van der Waals surface area contributed by atoms with Crippen molar-refractivity contribution in [2.75, 3.05) is 0 Å². The summed E-state index contributed by atoms with van der Waals surface area (Å²) in [6, 6.07) is 7.03. The van der Waals surface area contributed by atoms with E-state index in [-0.39, 0.29) is 6.61 Å². The van der Waals surface area contributed by atoms with Gasteiger partial charge in [0.05, 0.1) is 0 Å². The Balaban J connectivity index is 2.46. The number of hydrogen-bond acceptors (Lipinski definition) is 3. The maximum atomic E-state index is 11.0. The highest BCUT2D eigenvalue weighted by Crippen LogP contribution is 2.28. The lowest BCUT2D eigenvalue weighted by atomic mass is 10.2. The Morgan fingerprint density at radius 1 is 1.50 bits per heavy atom. The first-order valence-electron chi connectivity index (χ1n) is 4.11. The van der Waals surface area contributed by atoms with Gasteiger partial charge in [-0.05, 0) is 22.3 Å². The third-order valence-corrected chi connectivity index (χ3v) is 2.82. The molecule has 0 aromatic heterocycles.